The Kier molecular flexibility index (Phi) is 3.49. The summed E-state index contributed by atoms with van der Waals surface area (Å²) in [5, 5.41) is 8.70. The van der Waals surface area contributed by atoms with Gasteiger partial charge in [-0.1, -0.05) is 12.2 Å². The predicted octanol–water partition coefficient (Wildman–Crippen LogP) is 2.67. The lowest BCUT2D eigenvalue weighted by molar-refractivity contribution is 0.456. The predicted molar refractivity (Wildman–Crippen MR) is 43.3 cm³/mol. The van der Waals surface area contributed by atoms with Crippen molar-refractivity contribution in [2.24, 2.45) is 5.41 Å². The summed E-state index contributed by atoms with van der Waals surface area (Å²) < 4.78 is 0. The summed E-state index contributed by atoms with van der Waals surface area (Å²) in [5.74, 6) is 0. The van der Waals surface area contributed by atoms with Crippen molar-refractivity contribution >= 4 is 0 Å². The van der Waals surface area contributed by atoms with Crippen LogP contribution >= 0.6 is 0 Å². The quantitative estimate of drug-likeness (QED) is 0.544. The van der Waals surface area contributed by atoms with Crippen LogP contribution in [0.4, 0.5) is 0 Å². The second-order valence-electron chi connectivity index (χ2n) is 2.66. The van der Waals surface area contributed by atoms with Crippen molar-refractivity contribution in [1.29, 1.82) is 5.26 Å². The third kappa shape index (κ3) is 2.50. The lowest BCUT2D eigenvalue weighted by Crippen LogP contribution is -2.10. The molecule has 0 radical (unpaired) electrons. The molecule has 0 aromatic rings. The van der Waals surface area contributed by atoms with E-state index < -0.39 is 0 Å². The fourth-order valence-electron chi connectivity index (χ4n) is 0.812. The maximum atomic E-state index is 8.70. The van der Waals surface area contributed by atoms with Gasteiger partial charge in [-0.15, -0.1) is 13.2 Å². The number of nitrogens with zero attached hydrogens (tertiary/aromatic N) is 1. The molecule has 0 aliphatic carbocycles. The first kappa shape index (κ1) is 8.97. The summed E-state index contributed by atoms with van der Waals surface area (Å²) in [4.78, 5) is 0. The van der Waals surface area contributed by atoms with Gasteiger partial charge < -0.3 is 0 Å². The Bertz CT molecular complexity index is 152. The van der Waals surface area contributed by atoms with Crippen molar-refractivity contribution in [1.82, 2.24) is 0 Å². The Morgan fingerprint density at radius 2 is 1.80 bits per heavy atom. The van der Waals surface area contributed by atoms with Crippen LogP contribution in [0.3, 0.4) is 0 Å². The summed E-state index contributed by atoms with van der Waals surface area (Å²) >= 11 is 0. The highest BCUT2D eigenvalue weighted by molar-refractivity contribution is 5.02. The van der Waals surface area contributed by atoms with Crippen LogP contribution in [-0.4, -0.2) is 0 Å². The van der Waals surface area contributed by atoms with Crippen molar-refractivity contribution in [3.63, 3.8) is 0 Å². The van der Waals surface area contributed by atoms with Crippen LogP contribution in [0.25, 0.3) is 0 Å². The van der Waals surface area contributed by atoms with Crippen LogP contribution in [-0.2, 0) is 0 Å². The van der Waals surface area contributed by atoms with Gasteiger partial charge in [-0.05, 0) is 19.8 Å². The summed E-state index contributed by atoms with van der Waals surface area (Å²) in [6, 6.07) is 2.24. The Morgan fingerprint density at radius 3 is 2.00 bits per heavy atom. The highest BCUT2D eigenvalue weighted by atomic mass is 14.3. The summed E-state index contributed by atoms with van der Waals surface area (Å²) in [7, 11) is 0. The van der Waals surface area contributed by atoms with E-state index in [9.17, 15) is 0 Å². The van der Waals surface area contributed by atoms with Gasteiger partial charge in [-0.25, -0.2) is 0 Å². The first-order valence-corrected chi connectivity index (χ1v) is 3.31. The van der Waals surface area contributed by atoms with E-state index in [0.29, 0.717) is 0 Å². The number of nitriles is 1. The third-order valence-electron chi connectivity index (χ3n) is 1.46. The molecule has 0 fully saturated rings. The van der Waals surface area contributed by atoms with Crippen molar-refractivity contribution in [2.45, 2.75) is 19.8 Å². The molecule has 0 saturated carbocycles. The molecule has 0 heterocycles. The molecule has 0 aliphatic heterocycles. The molecule has 10 heavy (non-hydrogen) atoms. The minimum atomic E-state index is -0.288. The minimum absolute atomic E-state index is 0.288. The smallest absolute Gasteiger partial charge is 0.0693 e. The van der Waals surface area contributed by atoms with Crippen molar-refractivity contribution in [2.75, 3.05) is 0 Å². The molecule has 1 heteroatoms. The highest BCUT2D eigenvalue weighted by Crippen LogP contribution is 2.25. The van der Waals surface area contributed by atoms with E-state index in [0.717, 1.165) is 12.8 Å². The van der Waals surface area contributed by atoms with Crippen LogP contribution in [0, 0.1) is 16.7 Å². The maximum absolute atomic E-state index is 8.70. The molecule has 0 saturated heterocycles. The van der Waals surface area contributed by atoms with Crippen molar-refractivity contribution in [3.8, 4) is 6.07 Å². The van der Waals surface area contributed by atoms with Gasteiger partial charge in [0.05, 0.1) is 11.5 Å². The van der Waals surface area contributed by atoms with Gasteiger partial charge in [0, 0.05) is 0 Å². The second kappa shape index (κ2) is 3.90. The number of hydrogen-bond donors (Lipinski definition) is 0. The fraction of sp³-hybridized carbons (Fsp3) is 0.444. The molecule has 0 bridgehead atoms. The Hall–Kier alpha value is -1.03. The van der Waals surface area contributed by atoms with Gasteiger partial charge in [0.15, 0.2) is 0 Å². The van der Waals surface area contributed by atoms with E-state index in [2.05, 4.69) is 19.2 Å². The van der Waals surface area contributed by atoms with Crippen molar-refractivity contribution < 1.29 is 0 Å². The second-order valence-corrected chi connectivity index (χ2v) is 2.66. The van der Waals surface area contributed by atoms with E-state index in [1.165, 1.54) is 0 Å². The summed E-state index contributed by atoms with van der Waals surface area (Å²) in [6.45, 7) is 9.09. The molecule has 0 aromatic heterocycles. The molecule has 0 atom stereocenters. The van der Waals surface area contributed by atoms with Crippen LogP contribution in [0.5, 0.6) is 0 Å². The van der Waals surface area contributed by atoms with Crippen LogP contribution in [0.1, 0.15) is 19.8 Å². The first-order chi connectivity index (χ1) is 4.68. The molecule has 0 spiro atoms. The molecular formula is C9H13N. The number of allylic oxidation sites excluding steroid dienone is 2. The molecule has 1 nitrogen and oxygen atoms in total. The van der Waals surface area contributed by atoms with Crippen molar-refractivity contribution in [3.05, 3.63) is 25.3 Å². The molecule has 0 aliphatic rings. The molecule has 0 N–H and O–H groups in total. The molecule has 0 aromatic carbocycles. The first-order valence-electron chi connectivity index (χ1n) is 3.31. The van der Waals surface area contributed by atoms with Gasteiger partial charge in [0.25, 0.3) is 0 Å². The lowest BCUT2D eigenvalue weighted by Gasteiger charge is -2.15. The van der Waals surface area contributed by atoms with Crippen LogP contribution in [0.15, 0.2) is 25.3 Å². The Balaban J connectivity index is 4.09. The standard InChI is InChI=1S/C9H13N/c1-4-6-9(3,8-10)7-5-2/h4-5H,1-2,6-7H2,3H3. The topological polar surface area (TPSA) is 23.8 Å². The number of rotatable bonds is 4. The highest BCUT2D eigenvalue weighted by Gasteiger charge is 2.19. The van der Waals surface area contributed by atoms with Gasteiger partial charge >= 0.3 is 0 Å². The lowest BCUT2D eigenvalue weighted by atomic mass is 9.85. The van der Waals surface area contributed by atoms with E-state index in [4.69, 9.17) is 5.26 Å². The SMILES string of the molecule is C=CCC(C)(C#N)CC=C. The number of hydrogen-bond acceptors (Lipinski definition) is 1. The third-order valence-corrected chi connectivity index (χ3v) is 1.46. The van der Waals surface area contributed by atoms with E-state index in [1.54, 1.807) is 12.2 Å². The molecular weight excluding hydrogens is 122 g/mol. The van der Waals surface area contributed by atoms with Crippen LogP contribution in [0.2, 0.25) is 0 Å². The monoisotopic (exact) mass is 135 g/mol. The zero-order chi connectivity index (χ0) is 8.04. The maximum Gasteiger partial charge on any atom is 0.0693 e. The minimum Gasteiger partial charge on any atom is -0.198 e. The molecule has 0 amide bonds. The largest absolute Gasteiger partial charge is 0.198 e. The summed E-state index contributed by atoms with van der Waals surface area (Å²) in [5.41, 5.74) is -0.288. The van der Waals surface area contributed by atoms with E-state index in [1.807, 2.05) is 6.92 Å². The van der Waals surface area contributed by atoms with Gasteiger partial charge in [-0.2, -0.15) is 5.26 Å². The summed E-state index contributed by atoms with van der Waals surface area (Å²) in [6.07, 6.45) is 5.00. The van der Waals surface area contributed by atoms with Crippen LogP contribution < -0.4 is 0 Å². The zero-order valence-electron chi connectivity index (χ0n) is 6.43. The molecule has 0 unspecified atom stereocenters. The normalized spacial score (nSPS) is 10.0. The Morgan fingerprint density at radius 1 is 1.40 bits per heavy atom. The fourth-order valence-corrected chi connectivity index (χ4v) is 0.812. The van der Waals surface area contributed by atoms with Gasteiger partial charge in [-0.3, -0.25) is 0 Å². The average molecular weight is 135 g/mol. The van der Waals surface area contributed by atoms with E-state index in [-0.39, 0.29) is 5.41 Å². The van der Waals surface area contributed by atoms with Gasteiger partial charge in [0.2, 0.25) is 0 Å². The average Bonchev–Trinajstić information content (AvgIpc) is 1.89. The van der Waals surface area contributed by atoms with Gasteiger partial charge in [0.1, 0.15) is 0 Å². The molecule has 54 valence electrons. The molecule has 0 rings (SSSR count). The Labute approximate surface area is 62.7 Å². The van der Waals surface area contributed by atoms with E-state index >= 15 is 0 Å². The zero-order valence-corrected chi connectivity index (χ0v) is 6.43.